The highest BCUT2D eigenvalue weighted by Crippen LogP contribution is 2.45. The third-order valence-corrected chi connectivity index (χ3v) is 9.69. The Bertz CT molecular complexity index is 1720. The number of benzene rings is 4. The van der Waals surface area contributed by atoms with Gasteiger partial charge in [-0.2, -0.15) is 0 Å². The first kappa shape index (κ1) is 36.9. The number of nitrogens with zero attached hydrogens (tertiary/aromatic N) is 1. The maximum Gasteiger partial charge on any atom is 0.203 e. The van der Waals surface area contributed by atoms with Crippen molar-refractivity contribution in [2.45, 2.75) is 88.7 Å². The van der Waals surface area contributed by atoms with Crippen LogP contribution in [0.1, 0.15) is 49.3 Å². The van der Waals surface area contributed by atoms with Crippen LogP contribution in [0.15, 0.2) is 128 Å². The molecular weight excluding hydrogens is 640 g/mol. The minimum Gasteiger partial charge on any atom is -0.385 e. The van der Waals surface area contributed by atoms with E-state index in [2.05, 4.69) is 6.07 Å². The fourth-order valence-corrected chi connectivity index (χ4v) is 7.20. The zero-order valence-corrected chi connectivity index (χ0v) is 29.6. The fourth-order valence-electron chi connectivity index (χ4n) is 7.20. The van der Waals surface area contributed by atoms with Crippen LogP contribution in [0.3, 0.4) is 0 Å². The highest BCUT2D eigenvalue weighted by molar-refractivity contribution is 5.80. The second-order valence-corrected chi connectivity index (χ2v) is 13.2. The maximum atomic E-state index is 12.9. The number of hydrogen-bond acceptors (Lipinski definition) is 7. The number of ether oxygens (including phenoxy) is 5. The second-order valence-electron chi connectivity index (χ2n) is 13.2. The topological polar surface area (TPSA) is 97.3 Å². The minimum absolute atomic E-state index is 0.273. The van der Waals surface area contributed by atoms with Crippen molar-refractivity contribution in [3.63, 3.8) is 0 Å². The highest BCUT2D eigenvalue weighted by Gasteiger charge is 2.64. The molecule has 8 heteroatoms. The molecule has 5 aromatic rings. The molecule has 1 saturated carbocycles. The van der Waals surface area contributed by atoms with E-state index in [4.69, 9.17) is 29.4 Å². The van der Waals surface area contributed by atoms with E-state index in [9.17, 15) is 5.11 Å². The molecule has 1 fully saturated rings. The molecule has 270 valence electrons. The third kappa shape index (κ3) is 8.79. The van der Waals surface area contributed by atoms with Gasteiger partial charge < -0.3 is 39.1 Å². The summed E-state index contributed by atoms with van der Waals surface area (Å²) in [5.74, 6) is 0. The number of hydrogen-bond donors (Lipinski definition) is 2. The number of para-hydroxylation sites is 1. The van der Waals surface area contributed by atoms with Gasteiger partial charge in [-0.25, -0.2) is 0 Å². The van der Waals surface area contributed by atoms with Crippen molar-refractivity contribution in [1.29, 1.82) is 0 Å². The van der Waals surface area contributed by atoms with E-state index >= 15 is 0 Å². The Morgan fingerprint density at radius 1 is 0.608 bits per heavy atom. The number of rotatable bonds is 19. The number of unbranched alkanes of at least 4 members (excludes halogenated alkanes) is 3. The van der Waals surface area contributed by atoms with E-state index in [0.29, 0.717) is 33.0 Å². The molecule has 4 aromatic carbocycles. The summed E-state index contributed by atoms with van der Waals surface area (Å²) in [4.78, 5) is 0. The van der Waals surface area contributed by atoms with Gasteiger partial charge in [0.15, 0.2) is 0 Å². The quantitative estimate of drug-likeness (QED) is 0.0873. The molecule has 1 aromatic heterocycles. The van der Waals surface area contributed by atoms with Crippen molar-refractivity contribution >= 4 is 10.9 Å². The molecule has 0 bridgehead atoms. The molecular formula is C43H52N2O6. The lowest BCUT2D eigenvalue weighted by Crippen LogP contribution is -2.73. The summed E-state index contributed by atoms with van der Waals surface area (Å²) in [6.07, 6.45) is 1.53. The van der Waals surface area contributed by atoms with Gasteiger partial charge in [0, 0.05) is 19.4 Å². The standard InChI is InChI=1S/C43H52N2O6/c1-2-51-43(45-28-26-36-24-14-15-25-37(36)45)41(46)39(47-29-17-4-3-16-27-44)38(48-30-33-18-8-5-9-19-33)40(49-31-34-20-10-6-11-21-34)42(43)50-32-35-22-12-7-13-23-35/h5-15,18-26,28,38-42,46H,2-4,16-17,27,29-32,44H2,1H3. The molecule has 1 aliphatic carbocycles. The van der Waals surface area contributed by atoms with Gasteiger partial charge >= 0.3 is 0 Å². The van der Waals surface area contributed by atoms with Gasteiger partial charge in [0.25, 0.3) is 0 Å². The molecule has 1 aliphatic rings. The Morgan fingerprint density at radius 3 is 1.76 bits per heavy atom. The highest BCUT2D eigenvalue weighted by atomic mass is 16.6. The number of aromatic nitrogens is 1. The molecule has 0 aliphatic heterocycles. The summed E-state index contributed by atoms with van der Waals surface area (Å²) in [5.41, 5.74) is 8.24. The van der Waals surface area contributed by atoms with Gasteiger partial charge in [-0.15, -0.1) is 0 Å². The summed E-state index contributed by atoms with van der Waals surface area (Å²) < 4.78 is 36.5. The zero-order valence-electron chi connectivity index (χ0n) is 29.6. The van der Waals surface area contributed by atoms with E-state index in [0.717, 1.165) is 53.3 Å². The second kappa shape index (κ2) is 18.6. The molecule has 6 atom stereocenters. The van der Waals surface area contributed by atoms with Gasteiger partial charge in [-0.3, -0.25) is 0 Å². The predicted octanol–water partition coefficient (Wildman–Crippen LogP) is 7.37. The van der Waals surface area contributed by atoms with Crippen molar-refractivity contribution in [3.8, 4) is 0 Å². The van der Waals surface area contributed by atoms with Crippen molar-refractivity contribution in [1.82, 2.24) is 4.57 Å². The van der Waals surface area contributed by atoms with Gasteiger partial charge in [0.2, 0.25) is 5.72 Å². The lowest BCUT2D eigenvalue weighted by Gasteiger charge is -2.55. The Hall–Kier alpha value is -3.86. The van der Waals surface area contributed by atoms with Crippen LogP contribution >= 0.6 is 0 Å². The molecule has 6 rings (SSSR count). The molecule has 3 N–H and O–H groups in total. The monoisotopic (exact) mass is 692 g/mol. The van der Waals surface area contributed by atoms with E-state index in [1.54, 1.807) is 0 Å². The number of aliphatic hydroxyl groups excluding tert-OH is 1. The molecule has 0 saturated heterocycles. The van der Waals surface area contributed by atoms with E-state index < -0.39 is 36.2 Å². The molecule has 0 spiro atoms. The van der Waals surface area contributed by atoms with Gasteiger partial charge in [-0.05, 0) is 60.5 Å². The summed E-state index contributed by atoms with van der Waals surface area (Å²) in [7, 11) is 0. The van der Waals surface area contributed by atoms with Crippen LogP contribution in [0.2, 0.25) is 0 Å². The summed E-state index contributed by atoms with van der Waals surface area (Å²) >= 11 is 0. The van der Waals surface area contributed by atoms with Crippen molar-refractivity contribution in [3.05, 3.63) is 144 Å². The van der Waals surface area contributed by atoms with Gasteiger partial charge in [0.1, 0.15) is 30.5 Å². The smallest absolute Gasteiger partial charge is 0.203 e. The Balaban J connectivity index is 1.47. The first-order valence-corrected chi connectivity index (χ1v) is 18.3. The lowest BCUT2D eigenvalue weighted by molar-refractivity contribution is -0.343. The normalized spacial score (nSPS) is 23.5. The SMILES string of the molecule is CCOC1(n2ccc3ccccc32)C(O)C(OCCCCCCN)C(OCc2ccccc2)C(OCc2ccccc2)C1OCc1ccccc1. The Labute approximate surface area is 302 Å². The van der Waals surface area contributed by atoms with Gasteiger partial charge in [-0.1, -0.05) is 122 Å². The Kier molecular flexibility index (Phi) is 13.4. The average molecular weight is 693 g/mol. The molecule has 51 heavy (non-hydrogen) atoms. The number of nitrogens with two attached hydrogens (primary N) is 1. The molecule has 0 radical (unpaired) electrons. The minimum atomic E-state index is -1.44. The van der Waals surface area contributed by atoms with Crippen LogP contribution in [-0.4, -0.2) is 60.0 Å². The molecule has 1 heterocycles. The van der Waals surface area contributed by atoms with Crippen LogP contribution in [0.5, 0.6) is 0 Å². The van der Waals surface area contributed by atoms with Crippen LogP contribution in [0.25, 0.3) is 10.9 Å². The van der Waals surface area contributed by atoms with Crippen LogP contribution in [0, 0.1) is 0 Å². The first-order chi connectivity index (χ1) is 25.2. The maximum absolute atomic E-state index is 12.9. The largest absolute Gasteiger partial charge is 0.385 e. The van der Waals surface area contributed by atoms with E-state index in [1.165, 1.54) is 0 Å². The third-order valence-electron chi connectivity index (χ3n) is 9.69. The number of aliphatic hydroxyl groups is 1. The van der Waals surface area contributed by atoms with Crippen molar-refractivity contribution in [2.75, 3.05) is 19.8 Å². The first-order valence-electron chi connectivity index (χ1n) is 18.3. The summed E-state index contributed by atoms with van der Waals surface area (Å²) in [5, 5.41) is 13.9. The van der Waals surface area contributed by atoms with Gasteiger partial charge in [0.05, 0.1) is 25.3 Å². The average Bonchev–Trinajstić information content (AvgIpc) is 3.62. The van der Waals surface area contributed by atoms with Crippen LogP contribution in [-0.2, 0) is 49.2 Å². The lowest BCUT2D eigenvalue weighted by atomic mass is 9.78. The molecule has 6 unspecified atom stereocenters. The van der Waals surface area contributed by atoms with Crippen molar-refractivity contribution in [2.24, 2.45) is 5.73 Å². The van der Waals surface area contributed by atoms with Crippen LogP contribution < -0.4 is 5.73 Å². The van der Waals surface area contributed by atoms with E-state index in [-0.39, 0.29) is 6.61 Å². The van der Waals surface area contributed by atoms with E-state index in [1.807, 2.05) is 133 Å². The summed E-state index contributed by atoms with van der Waals surface area (Å²) in [6.45, 7) is 4.24. The Morgan fingerprint density at radius 2 is 1.16 bits per heavy atom. The summed E-state index contributed by atoms with van der Waals surface area (Å²) in [6, 6.07) is 40.3. The van der Waals surface area contributed by atoms with Crippen molar-refractivity contribution < 1.29 is 28.8 Å². The fraction of sp³-hybridized carbons (Fsp3) is 0.395. The van der Waals surface area contributed by atoms with Crippen LogP contribution in [0.4, 0.5) is 0 Å². The zero-order chi connectivity index (χ0) is 35.3. The predicted molar refractivity (Wildman–Crippen MR) is 200 cm³/mol. The number of fused-ring (bicyclic) bond motifs is 1. The molecule has 0 amide bonds. The molecule has 8 nitrogen and oxygen atoms in total.